The van der Waals surface area contributed by atoms with Crippen molar-refractivity contribution in [3.05, 3.63) is 16.4 Å². The van der Waals surface area contributed by atoms with Gasteiger partial charge in [0.1, 0.15) is 5.82 Å². The van der Waals surface area contributed by atoms with Gasteiger partial charge in [-0.05, 0) is 13.8 Å². The third-order valence-corrected chi connectivity index (χ3v) is 3.21. The lowest BCUT2D eigenvalue weighted by Crippen LogP contribution is -2.39. The molecule has 1 aromatic heterocycles. The molecule has 0 spiro atoms. The molecule has 0 unspecified atom stereocenters. The summed E-state index contributed by atoms with van der Waals surface area (Å²) in [5.74, 6) is -0.122. The number of carboxylic acid groups (broad SMARTS) is 1. The van der Waals surface area contributed by atoms with E-state index >= 15 is 0 Å². The summed E-state index contributed by atoms with van der Waals surface area (Å²) in [4.78, 5) is 22.0. The molecule has 0 saturated heterocycles. The minimum absolute atomic E-state index is 0.0231. The van der Waals surface area contributed by atoms with Gasteiger partial charge in [-0.1, -0.05) is 0 Å². The van der Waals surface area contributed by atoms with E-state index in [-0.39, 0.29) is 30.0 Å². The molecule has 3 atom stereocenters. The van der Waals surface area contributed by atoms with Crippen LogP contribution in [0.25, 0.3) is 0 Å². The average molecular weight is 225 g/mol. The van der Waals surface area contributed by atoms with Crippen LogP contribution >= 0.6 is 0 Å². The van der Waals surface area contributed by atoms with E-state index < -0.39 is 5.97 Å². The van der Waals surface area contributed by atoms with Crippen LogP contribution in [0.1, 0.15) is 26.3 Å². The summed E-state index contributed by atoms with van der Waals surface area (Å²) < 4.78 is 1.70. The summed E-state index contributed by atoms with van der Waals surface area (Å²) in [5, 5.41) is 14.7. The van der Waals surface area contributed by atoms with Gasteiger partial charge in [0.25, 0.3) is 5.56 Å². The van der Waals surface area contributed by atoms with Crippen molar-refractivity contribution in [1.29, 1.82) is 0 Å². The zero-order chi connectivity index (χ0) is 11.9. The largest absolute Gasteiger partial charge is 0.481 e. The van der Waals surface area contributed by atoms with Crippen molar-refractivity contribution < 1.29 is 9.90 Å². The lowest BCUT2D eigenvalue weighted by atomic mass is 9.89. The molecule has 0 bridgehead atoms. The van der Waals surface area contributed by atoms with Crippen molar-refractivity contribution in [3.8, 4) is 0 Å². The van der Waals surface area contributed by atoms with Crippen molar-refractivity contribution in [2.24, 2.45) is 5.92 Å². The SMILES string of the molecule is C[C@@H]1[C@H](CC(=O)O)[C@@H](C)Nc2cc(=O)[nH]n21. The molecule has 6 heteroatoms. The van der Waals surface area contributed by atoms with Crippen LogP contribution in [-0.4, -0.2) is 26.9 Å². The molecule has 1 aliphatic heterocycles. The first-order valence-electron chi connectivity index (χ1n) is 5.29. The number of hydrogen-bond donors (Lipinski definition) is 3. The minimum Gasteiger partial charge on any atom is -0.481 e. The number of carbonyl (C=O) groups is 1. The Hall–Kier alpha value is -1.72. The van der Waals surface area contributed by atoms with E-state index in [2.05, 4.69) is 10.4 Å². The Balaban J connectivity index is 2.33. The third kappa shape index (κ3) is 1.70. The molecule has 16 heavy (non-hydrogen) atoms. The topological polar surface area (TPSA) is 87.1 Å². The van der Waals surface area contributed by atoms with E-state index in [1.807, 2.05) is 13.8 Å². The molecule has 0 fully saturated rings. The fourth-order valence-corrected chi connectivity index (χ4v) is 2.34. The van der Waals surface area contributed by atoms with Crippen LogP contribution in [0.4, 0.5) is 5.82 Å². The van der Waals surface area contributed by atoms with Gasteiger partial charge in [-0.3, -0.25) is 19.4 Å². The number of nitrogens with zero attached hydrogens (tertiary/aromatic N) is 1. The quantitative estimate of drug-likeness (QED) is 0.689. The summed E-state index contributed by atoms with van der Waals surface area (Å²) in [6.07, 6.45) is 0.0922. The second-order valence-electron chi connectivity index (χ2n) is 4.31. The van der Waals surface area contributed by atoms with Gasteiger partial charge in [-0.2, -0.15) is 0 Å². The zero-order valence-corrected chi connectivity index (χ0v) is 9.23. The molecule has 0 radical (unpaired) electrons. The summed E-state index contributed by atoms with van der Waals surface area (Å²) in [7, 11) is 0. The Labute approximate surface area is 92.3 Å². The molecule has 0 aromatic carbocycles. The second-order valence-corrected chi connectivity index (χ2v) is 4.31. The van der Waals surface area contributed by atoms with Crippen LogP contribution in [0.15, 0.2) is 10.9 Å². The monoisotopic (exact) mass is 225 g/mol. The first-order chi connectivity index (χ1) is 7.49. The van der Waals surface area contributed by atoms with Crippen molar-refractivity contribution in [2.75, 3.05) is 5.32 Å². The van der Waals surface area contributed by atoms with Crippen molar-refractivity contribution in [2.45, 2.75) is 32.4 Å². The number of aromatic nitrogens is 2. The predicted octanol–water partition coefficient (Wildman–Crippen LogP) is 0.642. The number of nitrogens with one attached hydrogen (secondary N) is 2. The number of carboxylic acids is 1. The number of H-pyrrole nitrogens is 1. The minimum atomic E-state index is -0.816. The van der Waals surface area contributed by atoms with Gasteiger partial charge in [0, 0.05) is 18.0 Å². The Bertz CT molecular complexity index is 462. The van der Waals surface area contributed by atoms with Gasteiger partial charge >= 0.3 is 5.97 Å². The van der Waals surface area contributed by atoms with E-state index in [0.29, 0.717) is 0 Å². The molecule has 0 aliphatic carbocycles. The zero-order valence-electron chi connectivity index (χ0n) is 9.23. The Kier molecular flexibility index (Phi) is 2.49. The first kappa shape index (κ1) is 10.8. The lowest BCUT2D eigenvalue weighted by Gasteiger charge is -2.36. The van der Waals surface area contributed by atoms with Crippen LogP contribution in [-0.2, 0) is 4.79 Å². The number of anilines is 1. The molecule has 1 aromatic rings. The predicted molar refractivity (Wildman–Crippen MR) is 58.6 cm³/mol. The highest BCUT2D eigenvalue weighted by atomic mass is 16.4. The molecule has 6 nitrogen and oxygen atoms in total. The van der Waals surface area contributed by atoms with Crippen LogP contribution in [0.5, 0.6) is 0 Å². The standard InChI is InChI=1S/C10H15N3O3/c1-5-7(3-10(15)16)6(2)13-8(11-5)4-9(14)12-13/h4-7,11H,3H2,1-2H3,(H,12,14)(H,15,16)/t5-,6-,7-/m1/s1. The highest BCUT2D eigenvalue weighted by molar-refractivity contribution is 5.67. The third-order valence-electron chi connectivity index (χ3n) is 3.21. The van der Waals surface area contributed by atoms with Crippen molar-refractivity contribution >= 4 is 11.8 Å². The molecule has 3 N–H and O–H groups in total. The Morgan fingerprint density at radius 1 is 1.56 bits per heavy atom. The molecule has 0 amide bonds. The van der Waals surface area contributed by atoms with E-state index in [1.165, 1.54) is 6.07 Å². The maximum Gasteiger partial charge on any atom is 0.303 e. The van der Waals surface area contributed by atoms with E-state index in [9.17, 15) is 9.59 Å². The Morgan fingerprint density at radius 3 is 2.88 bits per heavy atom. The molecular weight excluding hydrogens is 210 g/mol. The maximum atomic E-state index is 11.2. The van der Waals surface area contributed by atoms with E-state index in [1.54, 1.807) is 4.68 Å². The average Bonchev–Trinajstić information content (AvgIpc) is 2.53. The first-order valence-corrected chi connectivity index (χ1v) is 5.29. The lowest BCUT2D eigenvalue weighted by molar-refractivity contribution is -0.138. The van der Waals surface area contributed by atoms with Crippen LogP contribution < -0.4 is 10.9 Å². The van der Waals surface area contributed by atoms with Crippen LogP contribution in [0, 0.1) is 5.92 Å². The van der Waals surface area contributed by atoms with Crippen LogP contribution in [0.2, 0.25) is 0 Å². The highest BCUT2D eigenvalue weighted by Gasteiger charge is 2.33. The van der Waals surface area contributed by atoms with Crippen molar-refractivity contribution in [3.63, 3.8) is 0 Å². The van der Waals surface area contributed by atoms with Gasteiger partial charge in [-0.25, -0.2) is 0 Å². The van der Waals surface area contributed by atoms with Gasteiger partial charge in [0.15, 0.2) is 0 Å². The van der Waals surface area contributed by atoms with Crippen molar-refractivity contribution in [1.82, 2.24) is 9.78 Å². The smallest absolute Gasteiger partial charge is 0.303 e. The summed E-state index contributed by atoms with van der Waals surface area (Å²) in [6, 6.07) is 1.51. The maximum absolute atomic E-state index is 11.2. The molecule has 0 saturated carbocycles. The number of fused-ring (bicyclic) bond motifs is 1. The molecule has 2 heterocycles. The van der Waals surface area contributed by atoms with Gasteiger partial charge in [-0.15, -0.1) is 0 Å². The number of aliphatic carboxylic acids is 1. The van der Waals surface area contributed by atoms with E-state index in [4.69, 9.17) is 5.11 Å². The number of hydrogen-bond acceptors (Lipinski definition) is 3. The van der Waals surface area contributed by atoms with Gasteiger partial charge in [0.05, 0.1) is 12.5 Å². The normalized spacial score (nSPS) is 28.2. The fraction of sp³-hybridized carbons (Fsp3) is 0.600. The summed E-state index contributed by atoms with van der Waals surface area (Å²) >= 11 is 0. The van der Waals surface area contributed by atoms with Crippen LogP contribution in [0.3, 0.4) is 0 Å². The molecule has 88 valence electrons. The Morgan fingerprint density at radius 2 is 2.25 bits per heavy atom. The number of aromatic amines is 1. The fourth-order valence-electron chi connectivity index (χ4n) is 2.34. The number of rotatable bonds is 2. The van der Waals surface area contributed by atoms with Gasteiger partial charge < -0.3 is 10.4 Å². The molecule has 2 rings (SSSR count). The molecular formula is C10H15N3O3. The summed E-state index contributed by atoms with van der Waals surface area (Å²) in [6.45, 7) is 3.86. The van der Waals surface area contributed by atoms with E-state index in [0.717, 1.165) is 5.82 Å². The summed E-state index contributed by atoms with van der Waals surface area (Å²) in [5.41, 5.74) is -0.169. The van der Waals surface area contributed by atoms with Gasteiger partial charge in [0.2, 0.25) is 0 Å². The second kappa shape index (κ2) is 3.70. The molecule has 1 aliphatic rings. The highest BCUT2D eigenvalue weighted by Crippen LogP contribution is 2.32.